The monoisotopic (exact) mass is 368 g/mol. The molecule has 108 valence electrons. The number of alkyl halides is 4. The molecule has 0 saturated heterocycles. The molecule has 0 spiro atoms. The van der Waals surface area contributed by atoms with Gasteiger partial charge in [-0.2, -0.15) is 13.2 Å². The van der Waals surface area contributed by atoms with Gasteiger partial charge in [0.2, 0.25) is 0 Å². The molecule has 1 atom stereocenters. The fraction of sp³-hybridized carbons (Fsp3) is 0.333. The lowest BCUT2D eigenvalue weighted by Crippen LogP contribution is -2.35. The maximum Gasteiger partial charge on any atom is 0.417 e. The molecule has 0 radical (unpaired) electrons. The third kappa shape index (κ3) is 2.98. The molecule has 1 aromatic heterocycles. The van der Waals surface area contributed by atoms with Crippen molar-refractivity contribution in [1.29, 1.82) is 0 Å². The summed E-state index contributed by atoms with van der Waals surface area (Å²) < 4.78 is 37.6. The number of hydrogen-bond acceptors (Lipinski definition) is 3. The summed E-state index contributed by atoms with van der Waals surface area (Å²) >= 11 is 8.94. The first-order valence-corrected chi connectivity index (χ1v) is 7.11. The van der Waals surface area contributed by atoms with E-state index in [-0.39, 0.29) is 22.0 Å². The number of Topliss-reactive ketones (excluding diaryl/α,β-unsaturated/α-hetero) is 1. The summed E-state index contributed by atoms with van der Waals surface area (Å²) in [5, 5.41) is 0.0208. The molecule has 20 heavy (non-hydrogen) atoms. The van der Waals surface area contributed by atoms with Crippen molar-refractivity contribution in [3.8, 4) is 0 Å². The van der Waals surface area contributed by atoms with Crippen LogP contribution < -0.4 is 4.90 Å². The predicted molar refractivity (Wildman–Crippen MR) is 73.1 cm³/mol. The Hall–Kier alpha value is -1.08. The van der Waals surface area contributed by atoms with Crippen LogP contribution in [0.4, 0.5) is 19.0 Å². The number of hydrogen-bond donors (Lipinski definition) is 0. The second-order valence-electron chi connectivity index (χ2n) is 4.17. The van der Waals surface area contributed by atoms with Gasteiger partial charge in [0.1, 0.15) is 0 Å². The lowest BCUT2D eigenvalue weighted by atomic mass is 10.1. The van der Waals surface area contributed by atoms with Gasteiger partial charge >= 0.3 is 6.18 Å². The highest BCUT2D eigenvalue weighted by Crippen LogP contribution is 2.35. The number of aromatic nitrogens is 1. The number of carbonyl (C=O) groups is 1. The van der Waals surface area contributed by atoms with E-state index in [1.54, 1.807) is 12.3 Å². The van der Waals surface area contributed by atoms with Crippen LogP contribution in [-0.2, 0) is 11.0 Å². The number of halogens is 5. The number of pyridine rings is 1. The van der Waals surface area contributed by atoms with Crippen molar-refractivity contribution < 1.29 is 18.0 Å². The van der Waals surface area contributed by atoms with Crippen LogP contribution in [0.5, 0.6) is 0 Å². The normalized spacial score (nSPS) is 18.6. The molecule has 3 nitrogen and oxygen atoms in total. The summed E-state index contributed by atoms with van der Waals surface area (Å²) in [5.74, 6) is 0.0560. The molecular formula is C12H9BrClF3N2O. The number of anilines is 1. The molecule has 1 aromatic rings. The summed E-state index contributed by atoms with van der Waals surface area (Å²) in [5.41, 5.74) is -0.919. The Morgan fingerprint density at radius 1 is 1.55 bits per heavy atom. The van der Waals surface area contributed by atoms with Crippen LogP contribution in [0.3, 0.4) is 0 Å². The zero-order valence-electron chi connectivity index (χ0n) is 9.99. The number of carbonyl (C=O) groups excluding carboxylic acids is 1. The van der Waals surface area contributed by atoms with Gasteiger partial charge in [0.05, 0.1) is 22.0 Å². The van der Waals surface area contributed by atoms with Crippen molar-refractivity contribution in [2.75, 3.05) is 10.2 Å². The van der Waals surface area contributed by atoms with E-state index >= 15 is 0 Å². The molecule has 0 aromatic carbocycles. The minimum absolute atomic E-state index is 0.0900. The molecule has 1 aliphatic heterocycles. The second-order valence-corrected chi connectivity index (χ2v) is 5.14. The van der Waals surface area contributed by atoms with E-state index in [4.69, 9.17) is 11.6 Å². The summed E-state index contributed by atoms with van der Waals surface area (Å²) in [4.78, 5) is 17.0. The molecule has 0 saturated carbocycles. The maximum atomic E-state index is 12.5. The SMILES string of the molecule is O=C(CBr)C1CC=CN1c1ncc(C(F)(F)F)cc1Cl. The van der Waals surface area contributed by atoms with Gasteiger partial charge in [-0.15, -0.1) is 0 Å². The summed E-state index contributed by atoms with van der Waals surface area (Å²) in [6.07, 6.45) is 0.0429. The topological polar surface area (TPSA) is 33.2 Å². The van der Waals surface area contributed by atoms with Gasteiger partial charge in [0.15, 0.2) is 11.6 Å². The van der Waals surface area contributed by atoms with Gasteiger partial charge in [-0.3, -0.25) is 4.79 Å². The average molecular weight is 370 g/mol. The Morgan fingerprint density at radius 2 is 2.25 bits per heavy atom. The summed E-state index contributed by atoms with van der Waals surface area (Å²) in [7, 11) is 0. The Bertz CT molecular complexity index is 562. The smallest absolute Gasteiger partial charge is 0.321 e. The molecule has 2 heterocycles. The minimum Gasteiger partial charge on any atom is -0.321 e. The number of ketones is 1. The van der Waals surface area contributed by atoms with Crippen LogP contribution in [0.1, 0.15) is 12.0 Å². The van der Waals surface area contributed by atoms with Crippen LogP contribution in [-0.4, -0.2) is 22.1 Å². The molecule has 2 rings (SSSR count). The van der Waals surface area contributed by atoms with E-state index in [0.717, 1.165) is 6.07 Å². The Morgan fingerprint density at radius 3 is 2.80 bits per heavy atom. The van der Waals surface area contributed by atoms with Crippen LogP contribution >= 0.6 is 27.5 Å². The molecule has 0 fully saturated rings. The molecular weight excluding hydrogens is 360 g/mol. The van der Waals surface area contributed by atoms with E-state index in [1.807, 2.05) is 0 Å². The summed E-state index contributed by atoms with van der Waals surface area (Å²) in [6, 6.07) is 0.322. The van der Waals surface area contributed by atoms with Crippen LogP contribution in [0.2, 0.25) is 5.02 Å². The molecule has 0 amide bonds. The van der Waals surface area contributed by atoms with E-state index in [0.29, 0.717) is 12.6 Å². The fourth-order valence-electron chi connectivity index (χ4n) is 1.89. The molecule has 0 aliphatic carbocycles. The molecule has 8 heteroatoms. The third-order valence-corrected chi connectivity index (χ3v) is 3.69. The van der Waals surface area contributed by atoms with Gasteiger partial charge in [-0.05, 0) is 12.5 Å². The first-order valence-electron chi connectivity index (χ1n) is 5.61. The third-order valence-electron chi connectivity index (χ3n) is 2.86. The minimum atomic E-state index is -4.50. The van der Waals surface area contributed by atoms with Crippen molar-refractivity contribution in [2.24, 2.45) is 0 Å². The van der Waals surface area contributed by atoms with Gasteiger partial charge in [-0.25, -0.2) is 4.98 Å². The Kier molecular flexibility index (Phi) is 4.39. The molecule has 0 N–H and O–H groups in total. The van der Waals surface area contributed by atoms with Crippen molar-refractivity contribution in [3.05, 3.63) is 35.1 Å². The fourth-order valence-corrected chi connectivity index (χ4v) is 2.53. The van der Waals surface area contributed by atoms with Crippen LogP contribution in [0.25, 0.3) is 0 Å². The molecule has 0 bridgehead atoms. The predicted octanol–water partition coefficient (Wildman–Crippen LogP) is 3.81. The van der Waals surface area contributed by atoms with E-state index in [9.17, 15) is 18.0 Å². The maximum absolute atomic E-state index is 12.5. The number of rotatable bonds is 3. The quantitative estimate of drug-likeness (QED) is 0.760. The molecule has 1 aliphatic rings. The average Bonchev–Trinajstić information content (AvgIpc) is 2.85. The molecule has 1 unspecified atom stereocenters. The lowest BCUT2D eigenvalue weighted by Gasteiger charge is -2.24. The highest BCUT2D eigenvalue weighted by molar-refractivity contribution is 9.09. The summed E-state index contributed by atoms with van der Waals surface area (Å²) in [6.45, 7) is 0. The van der Waals surface area contributed by atoms with Gasteiger partial charge in [-0.1, -0.05) is 33.6 Å². The zero-order valence-corrected chi connectivity index (χ0v) is 12.3. The van der Waals surface area contributed by atoms with Gasteiger partial charge in [0.25, 0.3) is 0 Å². The van der Waals surface area contributed by atoms with Crippen LogP contribution in [0.15, 0.2) is 24.5 Å². The van der Waals surface area contributed by atoms with Crippen molar-refractivity contribution in [1.82, 2.24) is 4.98 Å². The first kappa shape index (κ1) is 15.3. The van der Waals surface area contributed by atoms with Crippen molar-refractivity contribution in [2.45, 2.75) is 18.6 Å². The van der Waals surface area contributed by atoms with Crippen molar-refractivity contribution in [3.63, 3.8) is 0 Å². The zero-order chi connectivity index (χ0) is 14.9. The Balaban J connectivity index is 2.34. The van der Waals surface area contributed by atoms with Crippen molar-refractivity contribution >= 4 is 39.1 Å². The highest BCUT2D eigenvalue weighted by Gasteiger charge is 2.33. The number of nitrogens with zero attached hydrogens (tertiary/aromatic N) is 2. The largest absolute Gasteiger partial charge is 0.417 e. The second kappa shape index (κ2) is 5.73. The van der Waals surface area contributed by atoms with E-state index < -0.39 is 17.8 Å². The Labute approximate surface area is 126 Å². The van der Waals surface area contributed by atoms with E-state index in [2.05, 4.69) is 20.9 Å². The standard InChI is InChI=1S/C12H9BrClF3N2O/c13-5-10(20)9-2-1-3-19(9)11-8(14)4-7(6-18-11)12(15,16)17/h1,3-4,6,9H,2,5H2. The van der Waals surface area contributed by atoms with Crippen LogP contribution in [0, 0.1) is 0 Å². The highest BCUT2D eigenvalue weighted by atomic mass is 79.9. The van der Waals surface area contributed by atoms with Gasteiger partial charge < -0.3 is 4.90 Å². The lowest BCUT2D eigenvalue weighted by molar-refractivity contribution is -0.137. The first-order chi connectivity index (χ1) is 9.34. The van der Waals surface area contributed by atoms with Gasteiger partial charge in [0, 0.05) is 12.4 Å². The van der Waals surface area contributed by atoms with E-state index in [1.165, 1.54) is 4.90 Å².